The van der Waals surface area contributed by atoms with Crippen LogP contribution in [0.3, 0.4) is 0 Å². The highest BCUT2D eigenvalue weighted by Gasteiger charge is 2.19. The van der Waals surface area contributed by atoms with Crippen molar-refractivity contribution in [1.29, 1.82) is 0 Å². The molecule has 3 nitrogen and oxygen atoms in total. The van der Waals surface area contributed by atoms with Crippen molar-refractivity contribution in [3.8, 4) is 0 Å². The van der Waals surface area contributed by atoms with Crippen molar-refractivity contribution in [3.63, 3.8) is 0 Å². The molecule has 0 bridgehead atoms. The van der Waals surface area contributed by atoms with E-state index in [9.17, 15) is 4.79 Å². The third kappa shape index (κ3) is 2.16. The Balaban J connectivity index is 3.04. The number of esters is 1. The first-order chi connectivity index (χ1) is 6.61. The fourth-order valence-electron chi connectivity index (χ4n) is 0.939. The van der Waals surface area contributed by atoms with E-state index < -0.39 is 5.97 Å². The minimum Gasteiger partial charge on any atom is -0.461 e. The molecule has 1 N–H and O–H groups in total. The highest BCUT2D eigenvalue weighted by Crippen LogP contribution is 2.30. The van der Waals surface area contributed by atoms with E-state index in [1.54, 1.807) is 6.92 Å². The lowest BCUT2D eigenvalue weighted by atomic mass is 10.4. The standard InChI is InChI=1S/C8H8Cl3NO2/c1-2-14-8(13)7-6(11)5(10)4(3-9)12-7/h12H,2-3H2,1H3. The molecule has 0 fully saturated rings. The largest absolute Gasteiger partial charge is 0.461 e. The monoisotopic (exact) mass is 255 g/mol. The number of aromatic amines is 1. The van der Waals surface area contributed by atoms with E-state index in [0.29, 0.717) is 5.69 Å². The number of nitrogens with one attached hydrogen (secondary N) is 1. The molecule has 0 spiro atoms. The molecule has 1 heterocycles. The molecule has 0 radical (unpaired) electrons. The van der Waals surface area contributed by atoms with E-state index in [-0.39, 0.29) is 28.2 Å². The highest BCUT2D eigenvalue weighted by atomic mass is 35.5. The summed E-state index contributed by atoms with van der Waals surface area (Å²) in [7, 11) is 0. The van der Waals surface area contributed by atoms with Gasteiger partial charge < -0.3 is 9.72 Å². The smallest absolute Gasteiger partial charge is 0.356 e. The van der Waals surface area contributed by atoms with Gasteiger partial charge >= 0.3 is 5.97 Å². The number of ether oxygens (including phenoxy) is 1. The van der Waals surface area contributed by atoms with Crippen molar-refractivity contribution < 1.29 is 9.53 Å². The van der Waals surface area contributed by atoms with Gasteiger partial charge in [0.2, 0.25) is 0 Å². The summed E-state index contributed by atoms with van der Waals surface area (Å²) < 4.78 is 4.77. The van der Waals surface area contributed by atoms with Crippen LogP contribution in [0.25, 0.3) is 0 Å². The lowest BCUT2D eigenvalue weighted by Gasteiger charge is -1.98. The number of carbonyl (C=O) groups is 1. The average Bonchev–Trinajstić information content (AvgIpc) is 2.44. The number of aromatic nitrogens is 1. The number of rotatable bonds is 3. The third-order valence-electron chi connectivity index (χ3n) is 1.57. The molecule has 0 aliphatic heterocycles. The summed E-state index contributed by atoms with van der Waals surface area (Å²) >= 11 is 17.2. The van der Waals surface area contributed by atoms with Gasteiger partial charge in [0.25, 0.3) is 0 Å². The van der Waals surface area contributed by atoms with Crippen molar-refractivity contribution in [2.45, 2.75) is 12.8 Å². The summed E-state index contributed by atoms with van der Waals surface area (Å²) in [5.41, 5.74) is 0.663. The van der Waals surface area contributed by atoms with Gasteiger partial charge in [-0.25, -0.2) is 4.79 Å². The Kier molecular flexibility index (Phi) is 4.11. The molecule has 78 valence electrons. The zero-order valence-electron chi connectivity index (χ0n) is 7.36. The summed E-state index contributed by atoms with van der Waals surface area (Å²) in [4.78, 5) is 14.0. The van der Waals surface area contributed by atoms with Crippen molar-refractivity contribution in [3.05, 3.63) is 21.4 Å². The average molecular weight is 257 g/mol. The maximum Gasteiger partial charge on any atom is 0.356 e. The number of hydrogen-bond acceptors (Lipinski definition) is 2. The van der Waals surface area contributed by atoms with E-state index in [2.05, 4.69) is 4.98 Å². The quantitative estimate of drug-likeness (QED) is 0.666. The van der Waals surface area contributed by atoms with Crippen molar-refractivity contribution in [1.82, 2.24) is 4.98 Å². The van der Waals surface area contributed by atoms with E-state index in [1.165, 1.54) is 0 Å². The summed E-state index contributed by atoms with van der Waals surface area (Å²) in [6.45, 7) is 1.99. The van der Waals surface area contributed by atoms with Crippen LogP contribution in [0.1, 0.15) is 23.1 Å². The van der Waals surface area contributed by atoms with Gasteiger partial charge in [-0.1, -0.05) is 23.2 Å². The minimum atomic E-state index is -0.532. The molecule has 0 unspecified atom stereocenters. The van der Waals surface area contributed by atoms with Crippen molar-refractivity contribution >= 4 is 40.8 Å². The Morgan fingerprint density at radius 3 is 2.50 bits per heavy atom. The molecular formula is C8H8Cl3NO2. The first kappa shape index (κ1) is 11.7. The molecule has 1 rings (SSSR count). The van der Waals surface area contributed by atoms with Gasteiger partial charge in [-0.05, 0) is 6.92 Å². The Morgan fingerprint density at radius 1 is 1.43 bits per heavy atom. The fraction of sp³-hybridized carbons (Fsp3) is 0.375. The van der Waals surface area contributed by atoms with Gasteiger partial charge in [0.1, 0.15) is 5.69 Å². The molecule has 0 saturated heterocycles. The van der Waals surface area contributed by atoms with Crippen molar-refractivity contribution in [2.75, 3.05) is 6.61 Å². The molecule has 0 saturated carbocycles. The zero-order chi connectivity index (χ0) is 10.7. The van der Waals surface area contributed by atoms with Gasteiger partial charge in [-0.2, -0.15) is 0 Å². The second-order valence-electron chi connectivity index (χ2n) is 2.46. The third-order valence-corrected chi connectivity index (χ3v) is 2.73. The van der Waals surface area contributed by atoms with Crippen LogP contribution in [0.4, 0.5) is 0 Å². The zero-order valence-corrected chi connectivity index (χ0v) is 9.63. The summed E-state index contributed by atoms with van der Waals surface area (Å²) in [5.74, 6) is -0.367. The number of alkyl halides is 1. The SMILES string of the molecule is CCOC(=O)c1[nH]c(CCl)c(Cl)c1Cl. The molecule has 14 heavy (non-hydrogen) atoms. The molecule has 1 aromatic heterocycles. The van der Waals surface area contributed by atoms with Crippen LogP contribution in [-0.4, -0.2) is 17.6 Å². The van der Waals surface area contributed by atoms with Crippen molar-refractivity contribution in [2.24, 2.45) is 0 Å². The molecule has 0 atom stereocenters. The van der Waals surface area contributed by atoms with Gasteiger partial charge in [0.15, 0.2) is 0 Å². The first-order valence-corrected chi connectivity index (χ1v) is 5.19. The first-order valence-electron chi connectivity index (χ1n) is 3.90. The molecule has 0 aromatic carbocycles. The molecule has 6 heteroatoms. The van der Waals surface area contributed by atoms with Gasteiger partial charge in [0, 0.05) is 0 Å². The molecule has 0 amide bonds. The maximum absolute atomic E-state index is 11.3. The van der Waals surface area contributed by atoms with Gasteiger partial charge in [-0.15, -0.1) is 11.6 Å². The fourth-order valence-corrected chi connectivity index (χ4v) is 1.65. The molecule has 1 aromatic rings. The van der Waals surface area contributed by atoms with Crippen LogP contribution in [0.15, 0.2) is 0 Å². The van der Waals surface area contributed by atoms with Crippen LogP contribution < -0.4 is 0 Å². The molecule has 0 aliphatic rings. The Labute approximate surface area is 96.3 Å². The highest BCUT2D eigenvalue weighted by molar-refractivity contribution is 6.44. The van der Waals surface area contributed by atoms with Gasteiger partial charge in [0.05, 0.1) is 28.2 Å². The summed E-state index contributed by atoms with van der Waals surface area (Å²) in [6.07, 6.45) is 0. The van der Waals surface area contributed by atoms with E-state index in [4.69, 9.17) is 39.5 Å². The second-order valence-corrected chi connectivity index (χ2v) is 3.48. The number of halogens is 3. The number of hydrogen-bond donors (Lipinski definition) is 1. The Bertz CT molecular complexity index is 349. The molecule has 0 aliphatic carbocycles. The lowest BCUT2D eigenvalue weighted by Crippen LogP contribution is -2.05. The van der Waals surface area contributed by atoms with Crippen LogP contribution in [0.2, 0.25) is 10.0 Å². The van der Waals surface area contributed by atoms with Crippen LogP contribution in [0, 0.1) is 0 Å². The van der Waals surface area contributed by atoms with Crippen LogP contribution in [-0.2, 0) is 10.6 Å². The normalized spacial score (nSPS) is 10.3. The number of H-pyrrole nitrogens is 1. The Morgan fingerprint density at radius 2 is 2.07 bits per heavy atom. The predicted molar refractivity (Wildman–Crippen MR) is 56.3 cm³/mol. The molecular weight excluding hydrogens is 248 g/mol. The topological polar surface area (TPSA) is 42.1 Å². The van der Waals surface area contributed by atoms with E-state index in [0.717, 1.165) is 0 Å². The second kappa shape index (κ2) is 4.91. The predicted octanol–water partition coefficient (Wildman–Crippen LogP) is 3.24. The summed E-state index contributed by atoms with van der Waals surface area (Å²) in [5, 5.41) is 0.422. The van der Waals surface area contributed by atoms with Gasteiger partial charge in [-0.3, -0.25) is 0 Å². The van der Waals surface area contributed by atoms with E-state index >= 15 is 0 Å². The van der Waals surface area contributed by atoms with Crippen LogP contribution in [0.5, 0.6) is 0 Å². The van der Waals surface area contributed by atoms with E-state index in [1.807, 2.05) is 0 Å². The maximum atomic E-state index is 11.3. The minimum absolute atomic E-state index is 0.147. The summed E-state index contributed by atoms with van der Waals surface area (Å²) in [6, 6.07) is 0. The Hall–Kier alpha value is -0.380. The number of carbonyl (C=O) groups excluding carboxylic acids is 1. The van der Waals surface area contributed by atoms with Crippen LogP contribution >= 0.6 is 34.8 Å². The lowest BCUT2D eigenvalue weighted by molar-refractivity contribution is 0.0520.